The topological polar surface area (TPSA) is 78.9 Å². The van der Waals surface area contributed by atoms with E-state index >= 15 is 0 Å². The fraction of sp³-hybridized carbons (Fsp3) is 0.697. The molecule has 0 rings (SSSR count). The number of rotatable bonds is 62. The lowest BCUT2D eigenvalue weighted by Crippen LogP contribution is -2.30. The molecule has 82 heavy (non-hydrogen) atoms. The quantitative estimate of drug-likeness (QED) is 0.0261. The van der Waals surface area contributed by atoms with Gasteiger partial charge in [-0.15, -0.1) is 0 Å². The van der Waals surface area contributed by atoms with Crippen molar-refractivity contribution in [3.05, 3.63) is 122 Å². The van der Waals surface area contributed by atoms with Crippen molar-refractivity contribution >= 4 is 17.9 Å². The van der Waals surface area contributed by atoms with Crippen molar-refractivity contribution in [2.24, 2.45) is 0 Å². The third-order valence-electron chi connectivity index (χ3n) is 14.7. The molecule has 0 aliphatic heterocycles. The maximum absolute atomic E-state index is 12.9. The Morgan fingerprint density at radius 3 is 0.793 bits per heavy atom. The summed E-state index contributed by atoms with van der Waals surface area (Å²) in [7, 11) is 0. The molecule has 0 fully saturated rings. The molecule has 0 aromatic rings. The average molecular weight is 1140 g/mol. The van der Waals surface area contributed by atoms with Crippen molar-refractivity contribution < 1.29 is 28.6 Å². The summed E-state index contributed by atoms with van der Waals surface area (Å²) in [6.07, 6.45) is 96.5. The Morgan fingerprint density at radius 1 is 0.256 bits per heavy atom. The minimum atomic E-state index is -0.788. The first-order chi connectivity index (χ1) is 40.5. The first-order valence-corrected chi connectivity index (χ1v) is 34.5. The Kier molecular flexibility index (Phi) is 65.8. The summed E-state index contributed by atoms with van der Waals surface area (Å²) in [6, 6.07) is 0. The van der Waals surface area contributed by atoms with E-state index in [0.717, 1.165) is 122 Å². The van der Waals surface area contributed by atoms with Crippen LogP contribution in [-0.2, 0) is 28.6 Å². The number of allylic oxidation sites excluding steroid dienone is 20. The van der Waals surface area contributed by atoms with E-state index in [1.807, 2.05) is 0 Å². The Balaban J connectivity index is 4.18. The SMILES string of the molecule is CC/C=C\C/C=C\C/C=C\C/C=C\C/C=C\C/C=C\C/C=C\CCCCCCCCCCCCCCCC(=O)OCC(COC(=O)CCCCCCC/C=C\CCCC)OC(=O)CCCCCCCCC/C=C\C/C=C\CCCCCC. The van der Waals surface area contributed by atoms with Crippen molar-refractivity contribution in [2.75, 3.05) is 13.2 Å². The molecule has 0 saturated carbocycles. The summed E-state index contributed by atoms with van der Waals surface area (Å²) in [5.41, 5.74) is 0. The van der Waals surface area contributed by atoms with E-state index in [9.17, 15) is 14.4 Å². The average Bonchev–Trinajstić information content (AvgIpc) is 3.47. The van der Waals surface area contributed by atoms with Crippen LogP contribution in [0.2, 0.25) is 0 Å². The minimum Gasteiger partial charge on any atom is -0.462 e. The van der Waals surface area contributed by atoms with Crippen LogP contribution in [0.15, 0.2) is 122 Å². The molecule has 6 heteroatoms. The van der Waals surface area contributed by atoms with Gasteiger partial charge in [-0.1, -0.05) is 296 Å². The Bertz CT molecular complexity index is 1690. The van der Waals surface area contributed by atoms with Gasteiger partial charge in [-0.05, 0) is 128 Å². The highest BCUT2D eigenvalue weighted by molar-refractivity contribution is 5.71. The molecule has 0 aliphatic rings. The fourth-order valence-electron chi connectivity index (χ4n) is 9.49. The standard InChI is InChI=1S/C76H128O6/c1-4-7-10-13-16-19-22-24-26-28-30-31-32-33-34-35-36-37-38-39-40-41-42-43-44-45-46-48-49-51-54-57-60-63-66-69-75(78)81-72-73(71-80-74(77)68-65-62-59-56-53-21-18-15-12-9-6-3)82-76(79)70-67-64-61-58-55-52-50-47-29-27-25-23-20-17-14-11-8-5-2/h7,10,15-16,18-20,23-24,26-27,29-31,33-34,36-37,39-40,73H,4-6,8-9,11-14,17,21-22,25,28,32,35,38,41-72H2,1-3H3/b10-7-,18-15-,19-16-,23-20-,26-24-,29-27-,31-30-,34-33-,37-36-,40-39-. The van der Waals surface area contributed by atoms with Crippen molar-refractivity contribution in [1.29, 1.82) is 0 Å². The molecule has 0 spiro atoms. The van der Waals surface area contributed by atoms with E-state index in [1.54, 1.807) is 0 Å². The van der Waals surface area contributed by atoms with E-state index in [2.05, 4.69) is 142 Å². The van der Waals surface area contributed by atoms with Gasteiger partial charge in [-0.25, -0.2) is 0 Å². The van der Waals surface area contributed by atoms with E-state index < -0.39 is 6.10 Å². The molecular weight excluding hydrogens is 1010 g/mol. The first-order valence-electron chi connectivity index (χ1n) is 34.5. The van der Waals surface area contributed by atoms with Crippen LogP contribution in [0.1, 0.15) is 323 Å². The number of unbranched alkanes of at least 4 members (excludes halogenated alkanes) is 31. The molecule has 0 aromatic heterocycles. The summed E-state index contributed by atoms with van der Waals surface area (Å²) < 4.78 is 16.9. The van der Waals surface area contributed by atoms with Gasteiger partial charge in [0.1, 0.15) is 13.2 Å². The van der Waals surface area contributed by atoms with Crippen molar-refractivity contribution in [3.63, 3.8) is 0 Å². The summed E-state index contributed by atoms with van der Waals surface area (Å²) in [4.78, 5) is 38.3. The Labute approximate surface area is 507 Å². The second-order valence-corrected chi connectivity index (χ2v) is 22.7. The zero-order valence-corrected chi connectivity index (χ0v) is 53.7. The Morgan fingerprint density at radius 2 is 0.488 bits per heavy atom. The van der Waals surface area contributed by atoms with Crippen molar-refractivity contribution in [1.82, 2.24) is 0 Å². The van der Waals surface area contributed by atoms with Gasteiger partial charge in [0, 0.05) is 19.3 Å². The zero-order chi connectivity index (χ0) is 59.2. The Hall–Kier alpha value is -4.19. The highest BCUT2D eigenvalue weighted by Gasteiger charge is 2.19. The molecule has 0 amide bonds. The predicted molar refractivity (Wildman–Crippen MR) is 357 cm³/mol. The largest absolute Gasteiger partial charge is 0.462 e. The number of ether oxygens (including phenoxy) is 3. The van der Waals surface area contributed by atoms with Crippen LogP contribution in [0.25, 0.3) is 0 Å². The normalized spacial score (nSPS) is 12.9. The van der Waals surface area contributed by atoms with Crippen molar-refractivity contribution in [2.45, 2.75) is 329 Å². The highest BCUT2D eigenvalue weighted by atomic mass is 16.6. The first kappa shape index (κ1) is 77.8. The molecule has 0 saturated heterocycles. The van der Waals surface area contributed by atoms with Gasteiger partial charge in [-0.2, -0.15) is 0 Å². The second-order valence-electron chi connectivity index (χ2n) is 22.7. The lowest BCUT2D eigenvalue weighted by Gasteiger charge is -2.18. The van der Waals surface area contributed by atoms with E-state index in [1.165, 1.54) is 161 Å². The maximum Gasteiger partial charge on any atom is 0.306 e. The van der Waals surface area contributed by atoms with Gasteiger partial charge >= 0.3 is 17.9 Å². The lowest BCUT2D eigenvalue weighted by atomic mass is 10.0. The highest BCUT2D eigenvalue weighted by Crippen LogP contribution is 2.16. The maximum atomic E-state index is 12.9. The molecule has 0 aromatic carbocycles. The van der Waals surface area contributed by atoms with Crippen LogP contribution < -0.4 is 0 Å². The molecule has 1 atom stereocenters. The van der Waals surface area contributed by atoms with Crippen LogP contribution in [-0.4, -0.2) is 37.2 Å². The molecule has 6 nitrogen and oxygen atoms in total. The van der Waals surface area contributed by atoms with Crippen LogP contribution in [0.3, 0.4) is 0 Å². The summed E-state index contributed by atoms with van der Waals surface area (Å²) in [5, 5.41) is 0. The van der Waals surface area contributed by atoms with Gasteiger partial charge in [0.2, 0.25) is 0 Å². The summed E-state index contributed by atoms with van der Waals surface area (Å²) in [6.45, 7) is 6.48. The molecule has 0 heterocycles. The van der Waals surface area contributed by atoms with E-state index in [-0.39, 0.29) is 31.1 Å². The van der Waals surface area contributed by atoms with Crippen LogP contribution in [0.5, 0.6) is 0 Å². The molecule has 0 bridgehead atoms. The number of carbonyl (C=O) groups excluding carboxylic acids is 3. The molecular formula is C76H128O6. The van der Waals surface area contributed by atoms with Crippen LogP contribution in [0.4, 0.5) is 0 Å². The second kappa shape index (κ2) is 69.3. The number of hydrogen-bond acceptors (Lipinski definition) is 6. The van der Waals surface area contributed by atoms with Gasteiger partial charge in [0.05, 0.1) is 0 Å². The fourth-order valence-corrected chi connectivity index (χ4v) is 9.49. The van der Waals surface area contributed by atoms with E-state index in [0.29, 0.717) is 19.3 Å². The van der Waals surface area contributed by atoms with Crippen LogP contribution >= 0.6 is 0 Å². The predicted octanol–water partition coefficient (Wildman–Crippen LogP) is 23.9. The van der Waals surface area contributed by atoms with Gasteiger partial charge in [0.15, 0.2) is 6.10 Å². The van der Waals surface area contributed by atoms with Gasteiger partial charge in [-0.3, -0.25) is 14.4 Å². The number of esters is 3. The molecule has 468 valence electrons. The molecule has 0 radical (unpaired) electrons. The minimum absolute atomic E-state index is 0.0839. The van der Waals surface area contributed by atoms with Gasteiger partial charge < -0.3 is 14.2 Å². The molecule has 1 unspecified atom stereocenters. The summed E-state index contributed by atoms with van der Waals surface area (Å²) in [5.74, 6) is -0.894. The smallest absolute Gasteiger partial charge is 0.306 e. The third-order valence-corrected chi connectivity index (χ3v) is 14.7. The summed E-state index contributed by atoms with van der Waals surface area (Å²) >= 11 is 0. The van der Waals surface area contributed by atoms with Gasteiger partial charge in [0.25, 0.3) is 0 Å². The zero-order valence-electron chi connectivity index (χ0n) is 53.7. The van der Waals surface area contributed by atoms with Crippen molar-refractivity contribution in [3.8, 4) is 0 Å². The molecule has 0 aliphatic carbocycles. The number of carbonyl (C=O) groups is 3. The number of hydrogen-bond donors (Lipinski definition) is 0. The molecule has 0 N–H and O–H groups in total. The van der Waals surface area contributed by atoms with Crippen LogP contribution in [0, 0.1) is 0 Å². The lowest BCUT2D eigenvalue weighted by molar-refractivity contribution is -0.167. The monoisotopic (exact) mass is 1140 g/mol. The van der Waals surface area contributed by atoms with E-state index in [4.69, 9.17) is 14.2 Å². The third kappa shape index (κ3) is 66.6.